The third kappa shape index (κ3) is 6.55. The van der Waals surface area contributed by atoms with Gasteiger partial charge in [0.15, 0.2) is 4.34 Å². The molecule has 0 unspecified atom stereocenters. The minimum Gasteiger partial charge on any atom is -0.494 e. The summed E-state index contributed by atoms with van der Waals surface area (Å²) in [5.74, 6) is 2.06. The molecule has 0 saturated carbocycles. The highest BCUT2D eigenvalue weighted by Crippen LogP contribution is 2.25. The summed E-state index contributed by atoms with van der Waals surface area (Å²) in [4.78, 5) is 5.05. The van der Waals surface area contributed by atoms with Crippen LogP contribution in [0, 0.1) is 0 Å². The summed E-state index contributed by atoms with van der Waals surface area (Å²) < 4.78 is 6.60. The molecule has 1 saturated heterocycles. The molecule has 2 heterocycles. The van der Waals surface area contributed by atoms with Crippen molar-refractivity contribution >= 4 is 33.9 Å². The first-order valence-electron chi connectivity index (χ1n) is 9.66. The highest BCUT2D eigenvalue weighted by atomic mass is 32.2. The Balaban J connectivity index is 1.29. The fourth-order valence-corrected chi connectivity index (χ4v) is 4.92. The molecule has 1 aromatic heterocycles. The summed E-state index contributed by atoms with van der Waals surface area (Å²) >= 11 is 3.24. The number of anilines is 2. The Bertz CT molecular complexity index is 688. The largest absolute Gasteiger partial charge is 0.494 e. The summed E-state index contributed by atoms with van der Waals surface area (Å²) in [7, 11) is 0. The molecule has 1 aliphatic heterocycles. The minimum absolute atomic E-state index is 0.557. The van der Waals surface area contributed by atoms with Crippen LogP contribution in [0.15, 0.2) is 28.6 Å². The zero-order valence-electron chi connectivity index (χ0n) is 16.0. The summed E-state index contributed by atoms with van der Waals surface area (Å²) in [5.41, 5.74) is 6.87. The van der Waals surface area contributed by atoms with Gasteiger partial charge in [-0.05, 0) is 38.4 Å². The molecule has 0 amide bonds. The number of hydrogen-bond donors (Lipinski definition) is 1. The van der Waals surface area contributed by atoms with Gasteiger partial charge in [0.25, 0.3) is 0 Å². The second-order valence-corrected chi connectivity index (χ2v) is 8.93. The molecule has 0 spiro atoms. The Hall–Kier alpha value is -1.51. The van der Waals surface area contributed by atoms with Crippen LogP contribution in [0.1, 0.15) is 26.2 Å². The third-order valence-corrected chi connectivity index (χ3v) is 6.60. The molecular weight excluding hydrogens is 378 g/mol. The van der Waals surface area contributed by atoms with Gasteiger partial charge in [0.1, 0.15) is 5.75 Å². The van der Waals surface area contributed by atoms with E-state index in [1.807, 2.05) is 13.0 Å². The lowest BCUT2D eigenvalue weighted by Gasteiger charge is -2.36. The molecule has 1 aliphatic rings. The van der Waals surface area contributed by atoms with E-state index in [9.17, 15) is 0 Å². The fraction of sp³-hybridized carbons (Fsp3) is 0.579. The van der Waals surface area contributed by atoms with Gasteiger partial charge in [0.2, 0.25) is 5.13 Å². The molecule has 27 heavy (non-hydrogen) atoms. The number of hydrogen-bond acceptors (Lipinski definition) is 8. The van der Waals surface area contributed by atoms with E-state index in [1.165, 1.54) is 42.8 Å². The molecule has 2 N–H and O–H groups in total. The van der Waals surface area contributed by atoms with Crippen LogP contribution in [0.3, 0.4) is 0 Å². The molecule has 0 radical (unpaired) electrons. The first-order chi connectivity index (χ1) is 13.2. The molecule has 6 nitrogen and oxygen atoms in total. The quantitative estimate of drug-likeness (QED) is 0.477. The number of nitrogens with two attached hydrogens (primary N) is 1. The zero-order chi connectivity index (χ0) is 18.9. The number of thioether (sulfide) groups is 1. The Morgan fingerprint density at radius 1 is 1.15 bits per heavy atom. The monoisotopic (exact) mass is 407 g/mol. The summed E-state index contributed by atoms with van der Waals surface area (Å²) in [6, 6.07) is 8.45. The van der Waals surface area contributed by atoms with Crippen LogP contribution in [0.25, 0.3) is 0 Å². The number of rotatable bonds is 10. The van der Waals surface area contributed by atoms with Crippen molar-refractivity contribution in [3.05, 3.63) is 24.3 Å². The van der Waals surface area contributed by atoms with Crippen LogP contribution < -0.4 is 15.4 Å². The van der Waals surface area contributed by atoms with Gasteiger partial charge in [0, 0.05) is 43.7 Å². The van der Waals surface area contributed by atoms with Crippen LogP contribution in [0.4, 0.5) is 10.8 Å². The molecule has 1 aromatic carbocycles. The van der Waals surface area contributed by atoms with E-state index in [1.54, 1.807) is 11.8 Å². The van der Waals surface area contributed by atoms with E-state index in [-0.39, 0.29) is 0 Å². The first-order valence-corrected chi connectivity index (χ1v) is 11.5. The highest BCUT2D eigenvalue weighted by molar-refractivity contribution is 8.01. The predicted octanol–water partition coefficient (Wildman–Crippen LogP) is 3.60. The summed E-state index contributed by atoms with van der Waals surface area (Å²) in [6.45, 7) is 8.38. The number of piperazine rings is 1. The molecule has 148 valence electrons. The molecule has 0 atom stereocenters. The molecule has 0 aliphatic carbocycles. The van der Waals surface area contributed by atoms with Crippen molar-refractivity contribution in [3.8, 4) is 5.75 Å². The average molecular weight is 408 g/mol. The number of unbranched alkanes of at least 4 members (excludes halogenated alkanes) is 2. The van der Waals surface area contributed by atoms with E-state index in [2.05, 4.69) is 38.2 Å². The smallest absolute Gasteiger partial charge is 0.203 e. The first kappa shape index (κ1) is 20.2. The molecule has 2 aromatic rings. The summed E-state index contributed by atoms with van der Waals surface area (Å²) in [5, 5.41) is 8.44. The maximum absolute atomic E-state index is 5.62. The minimum atomic E-state index is 0.557. The molecule has 8 heteroatoms. The van der Waals surface area contributed by atoms with Gasteiger partial charge in [-0.2, -0.15) is 0 Å². The van der Waals surface area contributed by atoms with Gasteiger partial charge < -0.3 is 15.4 Å². The maximum atomic E-state index is 5.62. The second kappa shape index (κ2) is 10.7. The van der Waals surface area contributed by atoms with E-state index in [0.717, 1.165) is 42.0 Å². The van der Waals surface area contributed by atoms with Gasteiger partial charge in [0.05, 0.1) is 6.61 Å². The van der Waals surface area contributed by atoms with Gasteiger partial charge in [-0.15, -0.1) is 10.2 Å². The second-order valence-electron chi connectivity index (χ2n) is 6.57. The van der Waals surface area contributed by atoms with Crippen molar-refractivity contribution in [2.75, 3.05) is 55.7 Å². The zero-order valence-corrected chi connectivity index (χ0v) is 17.6. The maximum Gasteiger partial charge on any atom is 0.203 e. The number of ether oxygens (including phenoxy) is 1. The molecule has 3 rings (SSSR count). The van der Waals surface area contributed by atoms with Crippen molar-refractivity contribution in [1.29, 1.82) is 0 Å². The third-order valence-electron chi connectivity index (χ3n) is 4.63. The van der Waals surface area contributed by atoms with E-state index < -0.39 is 0 Å². The normalized spacial score (nSPS) is 15.2. The number of benzene rings is 1. The molecule has 1 fully saturated rings. The Kier molecular flexibility index (Phi) is 8.04. The SMILES string of the molecule is CCOc1cccc(N2CCN(CCCCCSc3nnc(N)s3)CC2)c1. The van der Waals surface area contributed by atoms with E-state index >= 15 is 0 Å². The molecular formula is C19H29N5OS2. The fourth-order valence-electron chi connectivity index (χ4n) is 3.22. The lowest BCUT2D eigenvalue weighted by molar-refractivity contribution is 0.252. The number of nitrogens with zero attached hydrogens (tertiary/aromatic N) is 4. The van der Waals surface area contributed by atoms with Crippen LogP contribution >= 0.6 is 23.1 Å². The van der Waals surface area contributed by atoms with E-state index in [4.69, 9.17) is 10.5 Å². The van der Waals surface area contributed by atoms with Crippen LogP contribution in [0.5, 0.6) is 5.75 Å². The highest BCUT2D eigenvalue weighted by Gasteiger charge is 2.17. The Morgan fingerprint density at radius 3 is 2.74 bits per heavy atom. The lowest BCUT2D eigenvalue weighted by Crippen LogP contribution is -2.46. The van der Waals surface area contributed by atoms with Gasteiger partial charge in [-0.1, -0.05) is 35.6 Å². The van der Waals surface area contributed by atoms with Gasteiger partial charge in [-0.25, -0.2) is 0 Å². The van der Waals surface area contributed by atoms with Gasteiger partial charge in [-0.3, -0.25) is 4.90 Å². The van der Waals surface area contributed by atoms with Crippen LogP contribution in [-0.4, -0.2) is 60.2 Å². The van der Waals surface area contributed by atoms with Crippen molar-refractivity contribution in [2.45, 2.75) is 30.5 Å². The summed E-state index contributed by atoms with van der Waals surface area (Å²) in [6.07, 6.45) is 3.74. The van der Waals surface area contributed by atoms with Crippen molar-refractivity contribution < 1.29 is 4.74 Å². The van der Waals surface area contributed by atoms with Gasteiger partial charge >= 0.3 is 0 Å². The van der Waals surface area contributed by atoms with E-state index in [0.29, 0.717) is 11.7 Å². The number of nitrogen functional groups attached to an aromatic ring is 1. The van der Waals surface area contributed by atoms with Crippen molar-refractivity contribution in [1.82, 2.24) is 15.1 Å². The predicted molar refractivity (Wildman–Crippen MR) is 115 cm³/mol. The van der Waals surface area contributed by atoms with Crippen LogP contribution in [-0.2, 0) is 0 Å². The molecule has 0 bridgehead atoms. The Labute approximate surface area is 170 Å². The Morgan fingerprint density at radius 2 is 2.00 bits per heavy atom. The van der Waals surface area contributed by atoms with Crippen molar-refractivity contribution in [3.63, 3.8) is 0 Å². The standard InChI is InChI=1S/C19H29N5OS2/c1-2-25-17-8-6-7-16(15-17)24-12-10-23(11-13-24)9-4-3-5-14-26-19-22-21-18(20)27-19/h6-8,15H,2-5,9-14H2,1H3,(H2,20,21). The topological polar surface area (TPSA) is 67.5 Å². The number of aromatic nitrogens is 2. The lowest BCUT2D eigenvalue weighted by atomic mass is 10.2. The van der Waals surface area contributed by atoms with Crippen molar-refractivity contribution in [2.24, 2.45) is 0 Å². The average Bonchev–Trinajstić information content (AvgIpc) is 3.11. The van der Waals surface area contributed by atoms with Crippen LogP contribution in [0.2, 0.25) is 0 Å².